The van der Waals surface area contributed by atoms with E-state index in [-0.39, 0.29) is 6.09 Å². The monoisotopic (exact) mass is 236 g/mol. The molecule has 4 nitrogen and oxygen atoms in total. The van der Waals surface area contributed by atoms with Gasteiger partial charge < -0.3 is 10.1 Å². The molecule has 0 aliphatic carbocycles. The van der Waals surface area contributed by atoms with Crippen molar-refractivity contribution in [1.82, 2.24) is 10.3 Å². The number of amides is 1. The second kappa shape index (κ2) is 5.66. The normalized spacial score (nSPS) is 11.1. The van der Waals surface area contributed by atoms with Gasteiger partial charge in [-0.2, -0.15) is 0 Å². The summed E-state index contributed by atoms with van der Waals surface area (Å²) in [5.74, 6) is 0. The van der Waals surface area contributed by atoms with Gasteiger partial charge in [-0.15, -0.1) is 0 Å². The predicted octanol–water partition coefficient (Wildman–Crippen LogP) is 2.46. The van der Waals surface area contributed by atoms with Gasteiger partial charge in [0.25, 0.3) is 0 Å². The molecule has 0 saturated carbocycles. The van der Waals surface area contributed by atoms with Gasteiger partial charge in [-0.05, 0) is 45.7 Å². The number of hydrogen-bond donors (Lipinski definition) is 1. The minimum atomic E-state index is -0.449. The fourth-order valence-corrected chi connectivity index (χ4v) is 1.27. The van der Waals surface area contributed by atoms with Gasteiger partial charge in [-0.3, -0.25) is 4.98 Å². The lowest BCUT2D eigenvalue weighted by atomic mass is 10.2. The highest BCUT2D eigenvalue weighted by Crippen LogP contribution is 2.06. The van der Waals surface area contributed by atoms with Gasteiger partial charge in [0.2, 0.25) is 0 Å². The lowest BCUT2D eigenvalue weighted by Gasteiger charge is -2.19. The molecular weight excluding hydrogens is 216 g/mol. The molecule has 1 heterocycles. The Kier molecular flexibility index (Phi) is 4.49. The van der Waals surface area contributed by atoms with Gasteiger partial charge in [0.15, 0.2) is 0 Å². The van der Waals surface area contributed by atoms with Crippen molar-refractivity contribution < 1.29 is 9.53 Å². The summed E-state index contributed by atoms with van der Waals surface area (Å²) in [6.45, 7) is 8.03. The van der Waals surface area contributed by atoms with Crippen molar-refractivity contribution in [3.8, 4) is 0 Å². The van der Waals surface area contributed by atoms with E-state index in [4.69, 9.17) is 4.74 Å². The topological polar surface area (TPSA) is 51.2 Å². The maximum absolute atomic E-state index is 11.4. The Labute approximate surface area is 102 Å². The predicted molar refractivity (Wildman–Crippen MR) is 66.9 cm³/mol. The van der Waals surface area contributed by atoms with Crippen LogP contribution < -0.4 is 5.32 Å². The van der Waals surface area contributed by atoms with Crippen LogP contribution in [0.2, 0.25) is 0 Å². The standard InChI is InChI=1S/C13H20N2O2/c1-10-5-6-11(9-15-10)7-8-14-12(16)17-13(2,3)4/h5-6,9H,7-8H2,1-4H3,(H,14,16). The molecule has 1 aromatic heterocycles. The summed E-state index contributed by atoms with van der Waals surface area (Å²) in [6, 6.07) is 3.97. The van der Waals surface area contributed by atoms with E-state index in [1.54, 1.807) is 0 Å². The van der Waals surface area contributed by atoms with Crippen LogP contribution in [0.15, 0.2) is 18.3 Å². The zero-order valence-electron chi connectivity index (χ0n) is 10.9. The fraction of sp³-hybridized carbons (Fsp3) is 0.538. The van der Waals surface area contributed by atoms with Crippen LogP contribution in [0.4, 0.5) is 4.79 Å². The third-order valence-electron chi connectivity index (χ3n) is 2.05. The summed E-state index contributed by atoms with van der Waals surface area (Å²) in [5.41, 5.74) is 1.65. The number of nitrogens with zero attached hydrogens (tertiary/aromatic N) is 1. The van der Waals surface area contributed by atoms with E-state index in [1.165, 1.54) is 0 Å². The highest BCUT2D eigenvalue weighted by molar-refractivity contribution is 5.67. The first-order chi connectivity index (χ1) is 7.87. The molecule has 1 rings (SSSR count). The van der Waals surface area contributed by atoms with Crippen LogP contribution in [0.1, 0.15) is 32.0 Å². The van der Waals surface area contributed by atoms with E-state index >= 15 is 0 Å². The molecule has 1 amide bonds. The summed E-state index contributed by atoms with van der Waals surface area (Å²) in [5, 5.41) is 2.71. The van der Waals surface area contributed by atoms with E-state index in [1.807, 2.05) is 46.0 Å². The first-order valence-corrected chi connectivity index (χ1v) is 5.75. The summed E-state index contributed by atoms with van der Waals surface area (Å²) >= 11 is 0. The molecule has 0 unspecified atom stereocenters. The number of nitrogens with one attached hydrogen (secondary N) is 1. The van der Waals surface area contributed by atoms with Gasteiger partial charge in [0.05, 0.1) is 0 Å². The van der Waals surface area contributed by atoms with Crippen LogP contribution in [-0.4, -0.2) is 23.2 Å². The smallest absolute Gasteiger partial charge is 0.407 e. The zero-order valence-corrected chi connectivity index (χ0v) is 10.9. The quantitative estimate of drug-likeness (QED) is 0.877. The van der Waals surface area contributed by atoms with E-state index in [0.717, 1.165) is 17.7 Å². The van der Waals surface area contributed by atoms with Crippen LogP contribution >= 0.6 is 0 Å². The molecule has 0 atom stereocenters. The molecule has 17 heavy (non-hydrogen) atoms. The van der Waals surface area contributed by atoms with Crippen molar-refractivity contribution in [2.75, 3.05) is 6.54 Å². The Hall–Kier alpha value is -1.58. The van der Waals surface area contributed by atoms with Crippen molar-refractivity contribution in [3.05, 3.63) is 29.6 Å². The van der Waals surface area contributed by atoms with Gasteiger partial charge in [0.1, 0.15) is 5.60 Å². The number of rotatable bonds is 3. The highest BCUT2D eigenvalue weighted by atomic mass is 16.6. The van der Waals surface area contributed by atoms with E-state index in [0.29, 0.717) is 6.54 Å². The number of pyridine rings is 1. The number of aromatic nitrogens is 1. The summed E-state index contributed by atoms with van der Waals surface area (Å²) in [7, 11) is 0. The Morgan fingerprint density at radius 1 is 1.41 bits per heavy atom. The van der Waals surface area contributed by atoms with Gasteiger partial charge in [0, 0.05) is 18.4 Å². The van der Waals surface area contributed by atoms with E-state index in [2.05, 4.69) is 10.3 Å². The van der Waals surface area contributed by atoms with Crippen LogP contribution in [0, 0.1) is 6.92 Å². The summed E-state index contributed by atoms with van der Waals surface area (Å²) in [4.78, 5) is 15.5. The highest BCUT2D eigenvalue weighted by Gasteiger charge is 2.15. The Morgan fingerprint density at radius 3 is 2.65 bits per heavy atom. The first-order valence-electron chi connectivity index (χ1n) is 5.75. The molecule has 0 bridgehead atoms. The lowest BCUT2D eigenvalue weighted by Crippen LogP contribution is -2.33. The molecular formula is C13H20N2O2. The summed E-state index contributed by atoms with van der Waals surface area (Å²) in [6.07, 6.45) is 2.20. The molecule has 0 aliphatic heterocycles. The van der Waals surface area contributed by atoms with E-state index < -0.39 is 5.60 Å². The number of ether oxygens (including phenoxy) is 1. The number of alkyl carbamates (subject to hydrolysis) is 1. The van der Waals surface area contributed by atoms with Gasteiger partial charge in [-0.25, -0.2) is 4.79 Å². The molecule has 0 aromatic carbocycles. The van der Waals surface area contributed by atoms with Crippen molar-refractivity contribution >= 4 is 6.09 Å². The second-order valence-electron chi connectivity index (χ2n) is 4.99. The zero-order chi connectivity index (χ0) is 12.9. The lowest BCUT2D eigenvalue weighted by molar-refractivity contribution is 0.0528. The molecule has 4 heteroatoms. The Balaban J connectivity index is 2.28. The fourth-order valence-electron chi connectivity index (χ4n) is 1.27. The van der Waals surface area contributed by atoms with E-state index in [9.17, 15) is 4.79 Å². The SMILES string of the molecule is Cc1ccc(CCNC(=O)OC(C)(C)C)cn1. The molecule has 94 valence electrons. The average Bonchev–Trinajstić information content (AvgIpc) is 2.18. The first kappa shape index (κ1) is 13.5. The van der Waals surface area contributed by atoms with Crippen LogP contribution in [0.5, 0.6) is 0 Å². The molecule has 1 N–H and O–H groups in total. The third kappa shape index (κ3) is 5.90. The molecule has 0 fully saturated rings. The molecule has 0 spiro atoms. The second-order valence-corrected chi connectivity index (χ2v) is 4.99. The molecule has 0 radical (unpaired) electrons. The number of hydrogen-bond acceptors (Lipinski definition) is 3. The largest absolute Gasteiger partial charge is 0.444 e. The number of carbonyl (C=O) groups excluding carboxylic acids is 1. The Morgan fingerprint density at radius 2 is 2.12 bits per heavy atom. The van der Waals surface area contributed by atoms with Gasteiger partial charge in [-0.1, -0.05) is 6.07 Å². The summed E-state index contributed by atoms with van der Waals surface area (Å²) < 4.78 is 5.13. The van der Waals surface area contributed by atoms with Crippen molar-refractivity contribution in [2.45, 2.75) is 39.7 Å². The molecule has 0 aliphatic rings. The van der Waals surface area contributed by atoms with Gasteiger partial charge >= 0.3 is 6.09 Å². The molecule has 1 aromatic rings. The van der Waals surface area contributed by atoms with Crippen molar-refractivity contribution in [3.63, 3.8) is 0 Å². The van der Waals surface area contributed by atoms with Crippen LogP contribution in [0.25, 0.3) is 0 Å². The maximum Gasteiger partial charge on any atom is 0.407 e. The van der Waals surface area contributed by atoms with Crippen molar-refractivity contribution in [2.24, 2.45) is 0 Å². The molecule has 0 saturated heterocycles. The van der Waals surface area contributed by atoms with Crippen molar-refractivity contribution in [1.29, 1.82) is 0 Å². The third-order valence-corrected chi connectivity index (χ3v) is 2.05. The number of aryl methyl sites for hydroxylation is 1. The minimum absolute atomic E-state index is 0.377. The Bertz CT molecular complexity index is 366. The van der Waals surface area contributed by atoms with Crippen LogP contribution in [0.3, 0.4) is 0 Å². The minimum Gasteiger partial charge on any atom is -0.444 e. The van der Waals surface area contributed by atoms with Crippen LogP contribution in [-0.2, 0) is 11.2 Å². The maximum atomic E-state index is 11.4. The number of carbonyl (C=O) groups is 1. The average molecular weight is 236 g/mol.